The van der Waals surface area contributed by atoms with Crippen molar-refractivity contribution in [2.45, 2.75) is 20.4 Å². The van der Waals surface area contributed by atoms with Crippen molar-refractivity contribution >= 4 is 91.3 Å². The summed E-state index contributed by atoms with van der Waals surface area (Å²) in [5.74, 6) is -0.140. The summed E-state index contributed by atoms with van der Waals surface area (Å²) in [6, 6.07) is 13.5. The van der Waals surface area contributed by atoms with Crippen molar-refractivity contribution in [3.8, 4) is 11.5 Å². The van der Waals surface area contributed by atoms with Gasteiger partial charge in [-0.2, -0.15) is 0 Å². The van der Waals surface area contributed by atoms with E-state index in [1.165, 1.54) is 0 Å². The number of carbonyl (C=O) groups is 3. The molecule has 0 unspecified atom stereocenters. The summed E-state index contributed by atoms with van der Waals surface area (Å²) in [5.41, 5.74) is 2.65. The van der Waals surface area contributed by atoms with E-state index in [-0.39, 0.29) is 24.0 Å². The summed E-state index contributed by atoms with van der Waals surface area (Å²) in [7, 11) is 0. The predicted molar refractivity (Wildman–Crippen MR) is 164 cm³/mol. The summed E-state index contributed by atoms with van der Waals surface area (Å²) >= 11 is 22.6. The first-order valence-corrected chi connectivity index (χ1v) is 14.6. The number of aryl methyl sites for hydroxylation is 1. The number of amides is 3. The van der Waals surface area contributed by atoms with Gasteiger partial charge in [0, 0.05) is 20.8 Å². The first-order chi connectivity index (χ1) is 19.0. The Hall–Kier alpha value is -2.69. The molecule has 0 saturated carbocycles. The molecular weight excluding hydrogens is 663 g/mol. The van der Waals surface area contributed by atoms with Gasteiger partial charge in [0.1, 0.15) is 0 Å². The van der Waals surface area contributed by atoms with E-state index in [0.717, 1.165) is 22.2 Å². The molecule has 3 amide bonds. The Morgan fingerprint density at radius 3 is 2.52 bits per heavy atom. The van der Waals surface area contributed by atoms with Gasteiger partial charge >= 0.3 is 0 Å². The summed E-state index contributed by atoms with van der Waals surface area (Å²) < 4.78 is 12.0. The fourth-order valence-electron chi connectivity index (χ4n) is 3.69. The minimum atomic E-state index is -0.441. The first kappa shape index (κ1) is 30.3. The van der Waals surface area contributed by atoms with Crippen LogP contribution >= 0.6 is 62.5 Å². The molecule has 0 spiro atoms. The highest BCUT2D eigenvalue weighted by molar-refractivity contribution is 9.10. The van der Waals surface area contributed by atoms with Crippen LogP contribution in [0.5, 0.6) is 11.5 Å². The first-order valence-electron chi connectivity index (χ1n) is 11.9. The lowest BCUT2D eigenvalue weighted by Crippen LogP contribution is -2.27. The highest BCUT2D eigenvalue weighted by atomic mass is 79.9. The average Bonchev–Trinajstić information content (AvgIpc) is 3.14. The number of rotatable bonds is 9. The second-order valence-electron chi connectivity index (χ2n) is 8.57. The fraction of sp³-hybridized carbons (Fsp3) is 0.179. The molecule has 1 N–H and O–H groups in total. The Bertz CT molecular complexity index is 1530. The van der Waals surface area contributed by atoms with Gasteiger partial charge in [-0.3, -0.25) is 19.3 Å². The number of thioether (sulfide) groups is 1. The minimum Gasteiger partial charge on any atom is -0.490 e. The Morgan fingerprint density at radius 2 is 1.82 bits per heavy atom. The average molecular weight is 685 g/mol. The van der Waals surface area contributed by atoms with Crippen molar-refractivity contribution < 1.29 is 23.9 Å². The summed E-state index contributed by atoms with van der Waals surface area (Å²) in [4.78, 5) is 39.6. The maximum atomic E-state index is 13.1. The SMILES string of the molecule is CCOc1cc(/C=C2\SC(=O)N(Cc3ccc(Cl)cc3Cl)C2=O)cc(Br)c1OCC(=O)Nc1ccc(C)c(Cl)c1. The predicted octanol–water partition coefficient (Wildman–Crippen LogP) is 8.37. The van der Waals surface area contributed by atoms with Crippen molar-refractivity contribution in [3.63, 3.8) is 0 Å². The molecule has 0 aromatic heterocycles. The van der Waals surface area contributed by atoms with Crippen LogP contribution in [0, 0.1) is 6.92 Å². The fourth-order valence-corrected chi connectivity index (χ4v) is 5.75. The Morgan fingerprint density at radius 1 is 1.05 bits per heavy atom. The second-order valence-corrected chi connectivity index (χ2v) is 11.7. The molecule has 40 heavy (non-hydrogen) atoms. The van der Waals surface area contributed by atoms with Crippen LogP contribution < -0.4 is 14.8 Å². The van der Waals surface area contributed by atoms with Crippen molar-refractivity contribution in [3.05, 3.63) is 89.7 Å². The van der Waals surface area contributed by atoms with E-state index >= 15 is 0 Å². The number of ether oxygens (including phenoxy) is 2. The van der Waals surface area contributed by atoms with Gasteiger partial charge < -0.3 is 14.8 Å². The van der Waals surface area contributed by atoms with Gasteiger partial charge in [0.2, 0.25) is 0 Å². The van der Waals surface area contributed by atoms with Crippen LogP contribution in [0.1, 0.15) is 23.6 Å². The van der Waals surface area contributed by atoms with E-state index in [2.05, 4.69) is 21.2 Å². The van der Waals surface area contributed by atoms with E-state index in [1.807, 2.05) is 19.9 Å². The molecule has 0 aliphatic carbocycles. The molecule has 7 nitrogen and oxygen atoms in total. The Kier molecular flexibility index (Phi) is 10.1. The van der Waals surface area contributed by atoms with Crippen LogP contribution in [-0.2, 0) is 16.1 Å². The summed E-state index contributed by atoms with van der Waals surface area (Å²) in [5, 5.41) is 3.70. The molecule has 1 aliphatic heterocycles. The van der Waals surface area contributed by atoms with Crippen LogP contribution in [0.15, 0.2) is 57.9 Å². The number of nitrogens with zero attached hydrogens (tertiary/aromatic N) is 1. The normalized spacial score (nSPS) is 14.2. The molecule has 1 saturated heterocycles. The maximum Gasteiger partial charge on any atom is 0.293 e. The minimum absolute atomic E-state index is 0.0233. The lowest BCUT2D eigenvalue weighted by Gasteiger charge is -2.15. The van der Waals surface area contributed by atoms with Crippen molar-refractivity contribution in [1.82, 2.24) is 4.90 Å². The molecule has 3 aromatic carbocycles. The number of hydrogen-bond acceptors (Lipinski definition) is 6. The third kappa shape index (κ3) is 7.33. The van der Waals surface area contributed by atoms with E-state index in [9.17, 15) is 14.4 Å². The lowest BCUT2D eigenvalue weighted by molar-refractivity contribution is -0.123. The topological polar surface area (TPSA) is 84.9 Å². The molecule has 1 aliphatic rings. The van der Waals surface area contributed by atoms with Gasteiger partial charge in [-0.1, -0.05) is 46.9 Å². The molecule has 12 heteroatoms. The van der Waals surface area contributed by atoms with Crippen LogP contribution in [0.3, 0.4) is 0 Å². The highest BCUT2D eigenvalue weighted by Gasteiger charge is 2.35. The molecule has 0 radical (unpaired) electrons. The third-order valence-electron chi connectivity index (χ3n) is 5.65. The van der Waals surface area contributed by atoms with Gasteiger partial charge in [0.05, 0.1) is 22.5 Å². The largest absolute Gasteiger partial charge is 0.490 e. The maximum absolute atomic E-state index is 13.1. The number of benzene rings is 3. The number of carbonyl (C=O) groups excluding carboxylic acids is 3. The van der Waals surface area contributed by atoms with Crippen LogP contribution in [-0.4, -0.2) is 35.2 Å². The van der Waals surface area contributed by atoms with Crippen LogP contribution in [0.25, 0.3) is 6.08 Å². The van der Waals surface area contributed by atoms with Gasteiger partial charge in [0.15, 0.2) is 18.1 Å². The highest BCUT2D eigenvalue weighted by Crippen LogP contribution is 2.40. The summed E-state index contributed by atoms with van der Waals surface area (Å²) in [6.45, 7) is 3.76. The lowest BCUT2D eigenvalue weighted by atomic mass is 10.1. The molecule has 0 atom stereocenters. The number of imide groups is 1. The number of hydrogen-bond donors (Lipinski definition) is 1. The molecule has 1 fully saturated rings. The zero-order valence-corrected chi connectivity index (χ0v) is 25.9. The van der Waals surface area contributed by atoms with Gasteiger partial charge in [-0.25, -0.2) is 0 Å². The molecule has 208 valence electrons. The standard InChI is InChI=1S/C28H22BrCl3N2O5S/c1-3-38-23-9-16(8-20(29)26(23)39-14-25(35)33-19-7-4-15(2)21(31)12-19)10-24-27(36)34(28(37)40-24)13-17-5-6-18(30)11-22(17)32/h4-12H,3,13-14H2,1-2H3,(H,33,35)/b24-10-. The van der Waals surface area contributed by atoms with Crippen molar-refractivity contribution in [2.75, 3.05) is 18.5 Å². The molecule has 4 rings (SSSR count). The number of nitrogens with one attached hydrogen (secondary N) is 1. The van der Waals surface area contributed by atoms with Crippen LogP contribution in [0.4, 0.5) is 10.5 Å². The second kappa shape index (κ2) is 13.3. The van der Waals surface area contributed by atoms with Crippen molar-refractivity contribution in [1.29, 1.82) is 0 Å². The zero-order valence-electron chi connectivity index (χ0n) is 21.2. The van der Waals surface area contributed by atoms with Gasteiger partial charge in [-0.05, 0) is 101 Å². The van der Waals surface area contributed by atoms with Crippen LogP contribution in [0.2, 0.25) is 15.1 Å². The molecule has 3 aromatic rings. The van der Waals surface area contributed by atoms with E-state index in [4.69, 9.17) is 44.3 Å². The monoisotopic (exact) mass is 682 g/mol. The van der Waals surface area contributed by atoms with Gasteiger partial charge in [0.25, 0.3) is 17.1 Å². The summed E-state index contributed by atoms with van der Waals surface area (Å²) in [6.07, 6.45) is 1.60. The number of anilines is 1. The Labute approximate surface area is 258 Å². The number of halogens is 4. The molecular formula is C28H22BrCl3N2O5S. The molecule has 0 bridgehead atoms. The van der Waals surface area contributed by atoms with E-state index < -0.39 is 11.1 Å². The zero-order chi connectivity index (χ0) is 29.0. The quantitative estimate of drug-likeness (QED) is 0.228. The Balaban J connectivity index is 1.49. The van der Waals surface area contributed by atoms with E-state index in [1.54, 1.807) is 48.5 Å². The van der Waals surface area contributed by atoms with Crippen molar-refractivity contribution in [2.24, 2.45) is 0 Å². The van der Waals surface area contributed by atoms with E-state index in [0.29, 0.717) is 54.5 Å². The smallest absolute Gasteiger partial charge is 0.293 e. The third-order valence-corrected chi connectivity index (χ3v) is 8.14. The molecule has 1 heterocycles. The van der Waals surface area contributed by atoms with Gasteiger partial charge in [-0.15, -0.1) is 0 Å².